The molecule has 112 valence electrons. The highest BCUT2D eigenvalue weighted by Gasteiger charge is 2.21. The topological polar surface area (TPSA) is 55.1 Å². The van der Waals surface area contributed by atoms with Crippen molar-refractivity contribution in [2.45, 2.75) is 32.4 Å². The van der Waals surface area contributed by atoms with E-state index in [-0.39, 0.29) is 11.9 Å². The van der Waals surface area contributed by atoms with Crippen molar-refractivity contribution in [2.24, 2.45) is 11.7 Å². The van der Waals surface area contributed by atoms with E-state index in [0.29, 0.717) is 5.92 Å². The van der Waals surface area contributed by atoms with Gasteiger partial charge in [0.1, 0.15) is 6.04 Å². The summed E-state index contributed by atoms with van der Waals surface area (Å²) in [7, 11) is 0. The number of thiophene rings is 1. The maximum Gasteiger partial charge on any atom is 0.242 e. The van der Waals surface area contributed by atoms with Gasteiger partial charge in [-0.1, -0.05) is 50.2 Å². The third kappa shape index (κ3) is 4.41. The van der Waals surface area contributed by atoms with Crippen LogP contribution in [-0.2, 0) is 4.79 Å². The highest BCUT2D eigenvalue weighted by Crippen LogP contribution is 2.23. The minimum atomic E-state index is -0.594. The van der Waals surface area contributed by atoms with Gasteiger partial charge in [0.25, 0.3) is 0 Å². The Labute approximate surface area is 130 Å². The van der Waals surface area contributed by atoms with Gasteiger partial charge in [-0.05, 0) is 29.3 Å². The Morgan fingerprint density at radius 3 is 2.48 bits per heavy atom. The van der Waals surface area contributed by atoms with E-state index in [0.717, 1.165) is 16.9 Å². The van der Waals surface area contributed by atoms with Crippen molar-refractivity contribution in [3.8, 4) is 0 Å². The molecule has 0 saturated heterocycles. The molecule has 2 aromatic rings. The van der Waals surface area contributed by atoms with E-state index < -0.39 is 6.04 Å². The molecule has 4 heteroatoms. The first kappa shape index (κ1) is 15.7. The van der Waals surface area contributed by atoms with Crippen molar-refractivity contribution < 1.29 is 4.79 Å². The lowest BCUT2D eigenvalue weighted by atomic mass is 9.96. The molecule has 1 aromatic carbocycles. The number of carbonyl (C=O) groups excluding carboxylic acids is 1. The van der Waals surface area contributed by atoms with Gasteiger partial charge in [0, 0.05) is 4.88 Å². The van der Waals surface area contributed by atoms with Gasteiger partial charge in [-0.3, -0.25) is 4.79 Å². The Morgan fingerprint density at radius 2 is 1.90 bits per heavy atom. The molecule has 0 bridgehead atoms. The first-order chi connectivity index (χ1) is 10.1. The number of hydrogen-bond acceptors (Lipinski definition) is 3. The van der Waals surface area contributed by atoms with Crippen LogP contribution in [-0.4, -0.2) is 5.91 Å². The minimum Gasteiger partial charge on any atom is -0.348 e. The maximum absolute atomic E-state index is 12.4. The summed E-state index contributed by atoms with van der Waals surface area (Å²) in [5.41, 5.74) is 7.16. The van der Waals surface area contributed by atoms with Crippen LogP contribution in [0.2, 0.25) is 0 Å². The molecule has 0 radical (unpaired) electrons. The van der Waals surface area contributed by atoms with E-state index in [1.807, 2.05) is 47.8 Å². The number of nitrogens with one attached hydrogen (secondary N) is 1. The summed E-state index contributed by atoms with van der Waals surface area (Å²) in [4.78, 5) is 13.3. The normalized spacial score (nSPS) is 13.9. The molecule has 2 rings (SSSR count). The van der Waals surface area contributed by atoms with Crippen LogP contribution in [0.4, 0.5) is 0 Å². The zero-order valence-electron chi connectivity index (χ0n) is 12.5. The highest BCUT2D eigenvalue weighted by atomic mass is 32.1. The van der Waals surface area contributed by atoms with Gasteiger partial charge >= 0.3 is 0 Å². The highest BCUT2D eigenvalue weighted by molar-refractivity contribution is 7.10. The van der Waals surface area contributed by atoms with Crippen LogP contribution in [0, 0.1) is 5.92 Å². The van der Waals surface area contributed by atoms with Crippen molar-refractivity contribution in [1.29, 1.82) is 0 Å². The van der Waals surface area contributed by atoms with E-state index >= 15 is 0 Å². The van der Waals surface area contributed by atoms with E-state index in [1.165, 1.54) is 11.3 Å². The zero-order chi connectivity index (χ0) is 15.2. The van der Waals surface area contributed by atoms with E-state index in [9.17, 15) is 4.79 Å². The fraction of sp³-hybridized carbons (Fsp3) is 0.353. The lowest BCUT2D eigenvalue weighted by Gasteiger charge is -2.23. The van der Waals surface area contributed by atoms with Gasteiger partial charge in [-0.2, -0.15) is 0 Å². The summed E-state index contributed by atoms with van der Waals surface area (Å²) in [5.74, 6) is 0.375. The third-order valence-electron chi connectivity index (χ3n) is 3.36. The molecular formula is C17H22N2OS. The van der Waals surface area contributed by atoms with Crippen LogP contribution in [0.5, 0.6) is 0 Å². The predicted octanol–water partition coefficient (Wildman–Crippen LogP) is 3.65. The summed E-state index contributed by atoms with van der Waals surface area (Å²) in [6.07, 6.45) is 0.896. The van der Waals surface area contributed by atoms with Crippen molar-refractivity contribution in [1.82, 2.24) is 5.32 Å². The zero-order valence-corrected chi connectivity index (χ0v) is 13.3. The fourth-order valence-corrected chi connectivity index (χ4v) is 3.02. The fourth-order valence-electron chi connectivity index (χ4n) is 2.29. The van der Waals surface area contributed by atoms with Crippen molar-refractivity contribution >= 4 is 17.2 Å². The van der Waals surface area contributed by atoms with E-state index in [2.05, 4.69) is 19.2 Å². The SMILES string of the molecule is CC(C)CC(NC(=O)C(N)c1cccs1)c1ccccc1. The molecule has 0 aliphatic heterocycles. The number of benzene rings is 1. The number of carbonyl (C=O) groups is 1. The summed E-state index contributed by atoms with van der Waals surface area (Å²) < 4.78 is 0. The maximum atomic E-state index is 12.4. The Hall–Kier alpha value is -1.65. The van der Waals surface area contributed by atoms with Gasteiger partial charge in [-0.15, -0.1) is 11.3 Å². The predicted molar refractivity (Wildman–Crippen MR) is 88.0 cm³/mol. The first-order valence-electron chi connectivity index (χ1n) is 7.22. The van der Waals surface area contributed by atoms with Gasteiger partial charge in [-0.25, -0.2) is 0 Å². The van der Waals surface area contributed by atoms with Crippen LogP contribution in [0.1, 0.15) is 42.8 Å². The van der Waals surface area contributed by atoms with Crippen LogP contribution >= 0.6 is 11.3 Å². The van der Waals surface area contributed by atoms with Crippen LogP contribution in [0.25, 0.3) is 0 Å². The van der Waals surface area contributed by atoms with Crippen LogP contribution < -0.4 is 11.1 Å². The molecule has 1 heterocycles. The van der Waals surface area contributed by atoms with E-state index in [1.54, 1.807) is 0 Å². The largest absolute Gasteiger partial charge is 0.348 e. The average Bonchev–Trinajstić information content (AvgIpc) is 3.00. The molecule has 1 amide bonds. The second-order valence-corrected chi connectivity index (χ2v) is 6.57. The Bertz CT molecular complexity index is 551. The summed E-state index contributed by atoms with van der Waals surface area (Å²) in [6.45, 7) is 4.31. The van der Waals surface area contributed by atoms with Crippen LogP contribution in [0.15, 0.2) is 47.8 Å². The first-order valence-corrected chi connectivity index (χ1v) is 8.10. The molecule has 2 atom stereocenters. The number of nitrogens with two attached hydrogens (primary N) is 1. The van der Waals surface area contributed by atoms with Crippen LogP contribution in [0.3, 0.4) is 0 Å². The lowest BCUT2D eigenvalue weighted by molar-refractivity contribution is -0.123. The standard InChI is InChI=1S/C17H22N2OS/c1-12(2)11-14(13-7-4-3-5-8-13)19-17(20)16(18)15-9-6-10-21-15/h3-10,12,14,16H,11,18H2,1-2H3,(H,19,20). The quantitative estimate of drug-likeness (QED) is 0.855. The Balaban J connectivity index is 2.10. The summed E-state index contributed by atoms with van der Waals surface area (Å²) in [5, 5.41) is 5.03. The minimum absolute atomic E-state index is 0.00436. The second-order valence-electron chi connectivity index (χ2n) is 5.59. The molecule has 0 spiro atoms. The lowest BCUT2D eigenvalue weighted by Crippen LogP contribution is -2.36. The third-order valence-corrected chi connectivity index (χ3v) is 4.31. The average molecular weight is 302 g/mol. The Kier molecular flexibility index (Phi) is 5.53. The molecule has 3 nitrogen and oxygen atoms in total. The number of rotatable bonds is 6. The Morgan fingerprint density at radius 1 is 1.19 bits per heavy atom. The number of hydrogen-bond donors (Lipinski definition) is 2. The number of amides is 1. The van der Waals surface area contributed by atoms with Gasteiger partial charge in [0.2, 0.25) is 5.91 Å². The van der Waals surface area contributed by atoms with Crippen molar-refractivity contribution in [3.63, 3.8) is 0 Å². The van der Waals surface area contributed by atoms with Gasteiger partial charge in [0.05, 0.1) is 6.04 Å². The molecule has 3 N–H and O–H groups in total. The van der Waals surface area contributed by atoms with Gasteiger partial charge < -0.3 is 11.1 Å². The molecule has 0 aliphatic rings. The second kappa shape index (κ2) is 7.38. The monoisotopic (exact) mass is 302 g/mol. The van der Waals surface area contributed by atoms with E-state index in [4.69, 9.17) is 5.73 Å². The molecule has 1 aromatic heterocycles. The smallest absolute Gasteiger partial charge is 0.242 e. The summed E-state index contributed by atoms with van der Waals surface area (Å²) in [6, 6.07) is 13.3. The molecular weight excluding hydrogens is 280 g/mol. The van der Waals surface area contributed by atoms with Crippen molar-refractivity contribution in [2.75, 3.05) is 0 Å². The molecule has 0 fully saturated rings. The molecule has 2 unspecified atom stereocenters. The van der Waals surface area contributed by atoms with Crippen molar-refractivity contribution in [3.05, 3.63) is 58.3 Å². The molecule has 0 saturated carbocycles. The van der Waals surface area contributed by atoms with Gasteiger partial charge in [0.15, 0.2) is 0 Å². The molecule has 0 aliphatic carbocycles. The summed E-state index contributed by atoms with van der Waals surface area (Å²) >= 11 is 1.51. The molecule has 21 heavy (non-hydrogen) atoms.